The molecule has 0 aliphatic rings. The van der Waals surface area contributed by atoms with Crippen molar-refractivity contribution in [1.82, 2.24) is 0 Å². The summed E-state index contributed by atoms with van der Waals surface area (Å²) in [6.45, 7) is 0. The molecule has 7 heteroatoms. The van der Waals surface area contributed by atoms with E-state index in [2.05, 4.69) is 12.6 Å². The van der Waals surface area contributed by atoms with Crippen LogP contribution in [0.5, 0.6) is 11.5 Å². The number of hydrogen-bond donors (Lipinski definition) is 1. The second-order valence-corrected chi connectivity index (χ2v) is 5.08. The van der Waals surface area contributed by atoms with Crippen LogP contribution >= 0.6 is 35.2 Å². The highest BCUT2D eigenvalue weighted by atomic mass is 127. The van der Waals surface area contributed by atoms with Crippen LogP contribution < -0.4 is 4.74 Å². The summed E-state index contributed by atoms with van der Waals surface area (Å²) in [6.07, 6.45) is 0. The van der Waals surface area contributed by atoms with E-state index in [0.717, 1.165) is 0 Å². The highest BCUT2D eigenvalue weighted by Crippen LogP contribution is 2.35. The molecule has 2 aromatic carbocycles. The predicted molar refractivity (Wildman–Crippen MR) is 72.8 cm³/mol. The van der Waals surface area contributed by atoms with Gasteiger partial charge in [-0.1, -0.05) is 12.1 Å². The topological polar surface area (TPSA) is 9.23 Å². The molecule has 0 spiro atoms. The normalized spacial score (nSPS) is 10.6. The Morgan fingerprint density at radius 3 is 1.95 bits per heavy atom. The molecule has 0 heterocycles. The van der Waals surface area contributed by atoms with Crippen molar-refractivity contribution in [2.75, 3.05) is 0 Å². The van der Waals surface area contributed by atoms with Crippen molar-refractivity contribution in [2.24, 2.45) is 0 Å². The lowest BCUT2D eigenvalue weighted by Crippen LogP contribution is -2.02. The minimum Gasteiger partial charge on any atom is -0.450 e. The second-order valence-electron chi connectivity index (χ2n) is 3.47. The highest BCUT2D eigenvalue weighted by molar-refractivity contribution is 14.1. The zero-order chi connectivity index (χ0) is 14.2. The van der Waals surface area contributed by atoms with E-state index in [1.807, 2.05) is 22.6 Å². The zero-order valence-corrected chi connectivity index (χ0v) is 12.1. The van der Waals surface area contributed by atoms with Gasteiger partial charge in [0.15, 0.2) is 11.6 Å². The summed E-state index contributed by atoms with van der Waals surface area (Å²) >= 11 is 5.22. The Balaban J connectivity index is 2.56. The molecule has 0 N–H and O–H groups in total. The third-order valence-corrected chi connectivity index (χ3v) is 3.53. The smallest absolute Gasteiger partial charge is 0.205 e. The van der Waals surface area contributed by atoms with Gasteiger partial charge in [-0.3, -0.25) is 0 Å². The molecule has 100 valence electrons. The van der Waals surface area contributed by atoms with Gasteiger partial charge in [0, 0.05) is 0 Å². The quantitative estimate of drug-likeness (QED) is 0.326. The number of thiol groups is 1. The van der Waals surface area contributed by atoms with E-state index in [9.17, 15) is 17.6 Å². The van der Waals surface area contributed by atoms with E-state index in [1.165, 1.54) is 6.07 Å². The molecule has 0 saturated heterocycles. The van der Waals surface area contributed by atoms with Crippen LogP contribution in [-0.4, -0.2) is 0 Å². The zero-order valence-electron chi connectivity index (χ0n) is 9.05. The van der Waals surface area contributed by atoms with E-state index in [-0.39, 0.29) is 5.75 Å². The van der Waals surface area contributed by atoms with Crippen molar-refractivity contribution in [3.05, 3.63) is 51.1 Å². The molecular formula is C12H5F4IOS. The van der Waals surface area contributed by atoms with Crippen molar-refractivity contribution in [3.63, 3.8) is 0 Å². The molecule has 0 amide bonds. The van der Waals surface area contributed by atoms with Crippen LogP contribution in [-0.2, 0) is 0 Å². The first-order valence-electron chi connectivity index (χ1n) is 4.90. The Labute approximate surface area is 125 Å². The fourth-order valence-electron chi connectivity index (χ4n) is 1.33. The summed E-state index contributed by atoms with van der Waals surface area (Å²) < 4.78 is 59.2. The van der Waals surface area contributed by atoms with Crippen LogP contribution in [0.4, 0.5) is 17.6 Å². The Hall–Kier alpha value is -0.960. The van der Waals surface area contributed by atoms with E-state index in [1.54, 1.807) is 18.2 Å². The maximum absolute atomic E-state index is 13.6. The molecular weight excluding hydrogens is 395 g/mol. The van der Waals surface area contributed by atoms with E-state index in [4.69, 9.17) is 4.74 Å². The molecule has 0 aromatic heterocycles. The van der Waals surface area contributed by atoms with Gasteiger partial charge < -0.3 is 4.74 Å². The Kier molecular flexibility index (Phi) is 4.24. The van der Waals surface area contributed by atoms with Gasteiger partial charge in [-0.05, 0) is 34.7 Å². The number of benzene rings is 2. The number of para-hydroxylation sites is 1. The van der Waals surface area contributed by atoms with Gasteiger partial charge in [0.25, 0.3) is 0 Å². The fourth-order valence-corrected chi connectivity index (χ4v) is 2.02. The van der Waals surface area contributed by atoms with Crippen molar-refractivity contribution >= 4 is 35.2 Å². The summed E-state index contributed by atoms with van der Waals surface area (Å²) in [6, 6.07) is 6.28. The molecule has 19 heavy (non-hydrogen) atoms. The monoisotopic (exact) mass is 400 g/mol. The summed E-state index contributed by atoms with van der Waals surface area (Å²) in [7, 11) is 0. The lowest BCUT2D eigenvalue weighted by atomic mass is 10.2. The van der Waals surface area contributed by atoms with Gasteiger partial charge in [-0.15, -0.1) is 12.6 Å². The van der Waals surface area contributed by atoms with E-state index in [0.29, 0.717) is 3.57 Å². The van der Waals surface area contributed by atoms with Crippen LogP contribution in [0.2, 0.25) is 0 Å². The summed E-state index contributed by atoms with van der Waals surface area (Å²) in [5.41, 5.74) is 0. The van der Waals surface area contributed by atoms with Crippen LogP contribution in [0.1, 0.15) is 0 Å². The molecule has 0 bridgehead atoms. The number of halogens is 5. The first-order valence-corrected chi connectivity index (χ1v) is 6.43. The molecule has 0 radical (unpaired) electrons. The standard InChI is InChI=1S/C12H5F4IOS/c13-7-9(15)12(19)10(16)8(14)11(7)18-6-4-2-1-3-5(6)17/h1-4,19H. The lowest BCUT2D eigenvalue weighted by Gasteiger charge is -2.11. The molecule has 1 nitrogen and oxygen atoms in total. The van der Waals surface area contributed by atoms with Crippen molar-refractivity contribution in [3.8, 4) is 11.5 Å². The van der Waals surface area contributed by atoms with Crippen LogP contribution in [0.15, 0.2) is 29.2 Å². The van der Waals surface area contributed by atoms with Gasteiger partial charge in [0.05, 0.1) is 8.47 Å². The molecule has 0 aliphatic carbocycles. The van der Waals surface area contributed by atoms with Gasteiger partial charge in [-0.25, -0.2) is 8.78 Å². The highest BCUT2D eigenvalue weighted by Gasteiger charge is 2.25. The largest absolute Gasteiger partial charge is 0.450 e. The Morgan fingerprint density at radius 2 is 1.42 bits per heavy atom. The molecule has 2 aromatic rings. The third kappa shape index (κ3) is 2.66. The van der Waals surface area contributed by atoms with Gasteiger partial charge in [0.1, 0.15) is 5.75 Å². The minimum atomic E-state index is -1.62. The number of hydrogen-bond acceptors (Lipinski definition) is 2. The molecule has 0 fully saturated rings. The maximum Gasteiger partial charge on any atom is 0.205 e. The van der Waals surface area contributed by atoms with E-state index < -0.39 is 33.9 Å². The lowest BCUT2D eigenvalue weighted by molar-refractivity contribution is 0.352. The van der Waals surface area contributed by atoms with Crippen molar-refractivity contribution in [2.45, 2.75) is 4.90 Å². The van der Waals surface area contributed by atoms with Gasteiger partial charge >= 0.3 is 0 Å². The van der Waals surface area contributed by atoms with Gasteiger partial charge in [-0.2, -0.15) is 8.78 Å². The van der Waals surface area contributed by atoms with Crippen LogP contribution in [0.25, 0.3) is 0 Å². The summed E-state index contributed by atoms with van der Waals surface area (Å²) in [5, 5.41) is 0. The second kappa shape index (κ2) is 5.58. The predicted octanol–water partition coefficient (Wildman–Crippen LogP) is 4.93. The average molecular weight is 400 g/mol. The molecule has 0 unspecified atom stereocenters. The molecule has 0 aliphatic heterocycles. The van der Waals surface area contributed by atoms with Crippen LogP contribution in [0, 0.1) is 26.8 Å². The summed E-state index contributed by atoms with van der Waals surface area (Å²) in [5.74, 6) is -7.47. The summed E-state index contributed by atoms with van der Waals surface area (Å²) in [4.78, 5) is -1.02. The van der Waals surface area contributed by atoms with Crippen molar-refractivity contribution in [1.29, 1.82) is 0 Å². The minimum absolute atomic E-state index is 0.0895. The third-order valence-electron chi connectivity index (χ3n) is 2.25. The van der Waals surface area contributed by atoms with Crippen LogP contribution in [0.3, 0.4) is 0 Å². The number of rotatable bonds is 2. The first-order chi connectivity index (χ1) is 8.93. The van der Waals surface area contributed by atoms with Crippen molar-refractivity contribution < 1.29 is 22.3 Å². The SMILES string of the molecule is Fc1c(F)c(Oc2ccccc2I)c(F)c(F)c1S. The Morgan fingerprint density at radius 1 is 0.895 bits per heavy atom. The Bertz CT molecular complexity index is 619. The average Bonchev–Trinajstić information content (AvgIpc) is 2.41. The first kappa shape index (κ1) is 14.4. The molecule has 2 rings (SSSR count). The molecule has 0 saturated carbocycles. The number of ether oxygens (including phenoxy) is 1. The maximum atomic E-state index is 13.6. The fraction of sp³-hybridized carbons (Fsp3) is 0. The van der Waals surface area contributed by atoms with E-state index >= 15 is 0 Å². The molecule has 0 atom stereocenters. The van der Waals surface area contributed by atoms with Gasteiger partial charge in [0.2, 0.25) is 17.4 Å².